The Morgan fingerprint density at radius 3 is 2.33 bits per heavy atom. The molecule has 33 heavy (non-hydrogen) atoms. The first-order chi connectivity index (χ1) is 15.8. The maximum absolute atomic E-state index is 12.7. The molecule has 1 N–H and O–H groups in total. The summed E-state index contributed by atoms with van der Waals surface area (Å²) < 4.78 is 5.47. The van der Waals surface area contributed by atoms with Gasteiger partial charge in [-0.2, -0.15) is 0 Å². The van der Waals surface area contributed by atoms with E-state index in [1.807, 2.05) is 24.3 Å². The molecule has 0 bridgehead atoms. The van der Waals surface area contributed by atoms with Crippen LogP contribution in [-0.4, -0.2) is 41.9 Å². The minimum Gasteiger partial charge on any atom is -0.452 e. The van der Waals surface area contributed by atoms with E-state index in [1.165, 1.54) is 0 Å². The van der Waals surface area contributed by atoms with Crippen molar-refractivity contribution in [1.82, 2.24) is 4.90 Å². The van der Waals surface area contributed by atoms with Crippen LogP contribution in [-0.2, 0) is 14.3 Å². The Morgan fingerprint density at radius 1 is 1.06 bits per heavy atom. The van der Waals surface area contributed by atoms with Crippen LogP contribution in [0.3, 0.4) is 0 Å². The molecule has 1 aliphatic heterocycles. The fourth-order valence-corrected chi connectivity index (χ4v) is 4.04. The first-order valence-corrected chi connectivity index (χ1v) is 11.8. The molecular weight excluding hydrogens is 440 g/mol. The molecule has 0 aromatic heterocycles. The maximum atomic E-state index is 12.7. The molecule has 2 unspecified atom stereocenters. The monoisotopic (exact) mass is 470 g/mol. The van der Waals surface area contributed by atoms with Crippen molar-refractivity contribution in [2.45, 2.75) is 52.1 Å². The van der Waals surface area contributed by atoms with Gasteiger partial charge in [-0.1, -0.05) is 43.6 Å². The number of nitrogens with zero attached hydrogens (tertiary/aromatic N) is 1. The van der Waals surface area contributed by atoms with Crippen LogP contribution >= 0.6 is 11.6 Å². The quantitative estimate of drug-likeness (QED) is 0.559. The van der Waals surface area contributed by atoms with Crippen molar-refractivity contribution in [2.75, 3.05) is 18.4 Å². The molecule has 1 saturated heterocycles. The van der Waals surface area contributed by atoms with E-state index < -0.39 is 12.1 Å². The molecule has 176 valence electrons. The lowest BCUT2D eigenvalue weighted by Crippen LogP contribution is -2.41. The molecule has 0 aliphatic carbocycles. The molecule has 2 aromatic rings. The first-order valence-electron chi connectivity index (χ1n) is 11.4. The average Bonchev–Trinajstić information content (AvgIpc) is 2.84. The topological polar surface area (TPSA) is 75.7 Å². The van der Waals surface area contributed by atoms with Crippen molar-refractivity contribution in [2.24, 2.45) is 5.92 Å². The summed E-state index contributed by atoms with van der Waals surface area (Å²) in [6.07, 6.45) is 1.06. The minimum atomic E-state index is -0.906. The highest BCUT2D eigenvalue weighted by Gasteiger charge is 2.31. The molecule has 2 atom stereocenters. The van der Waals surface area contributed by atoms with Gasteiger partial charge in [-0.25, -0.2) is 0 Å². The zero-order chi connectivity index (χ0) is 24.0. The summed E-state index contributed by atoms with van der Waals surface area (Å²) in [5.41, 5.74) is 2.38. The summed E-state index contributed by atoms with van der Waals surface area (Å²) in [6.45, 7) is 6.72. The van der Waals surface area contributed by atoms with Gasteiger partial charge in [0, 0.05) is 29.4 Å². The van der Waals surface area contributed by atoms with Crippen LogP contribution in [0.25, 0.3) is 0 Å². The predicted molar refractivity (Wildman–Crippen MR) is 129 cm³/mol. The Balaban J connectivity index is 1.51. The van der Waals surface area contributed by atoms with Gasteiger partial charge >= 0.3 is 5.97 Å². The van der Waals surface area contributed by atoms with E-state index in [0.29, 0.717) is 42.4 Å². The van der Waals surface area contributed by atoms with Crippen LogP contribution in [0.2, 0.25) is 5.02 Å². The number of halogens is 1. The second kappa shape index (κ2) is 11.3. The Kier molecular flexibility index (Phi) is 8.50. The van der Waals surface area contributed by atoms with Gasteiger partial charge < -0.3 is 15.0 Å². The molecule has 1 aliphatic rings. The van der Waals surface area contributed by atoms with Crippen molar-refractivity contribution in [1.29, 1.82) is 0 Å². The smallest absolute Gasteiger partial charge is 0.309 e. The highest BCUT2D eigenvalue weighted by molar-refractivity contribution is 6.30. The molecule has 0 spiro atoms. The number of amides is 2. The van der Waals surface area contributed by atoms with Crippen LogP contribution < -0.4 is 5.32 Å². The fraction of sp³-hybridized carbons (Fsp3) is 0.423. The molecule has 0 saturated carbocycles. The number of hydrogen-bond donors (Lipinski definition) is 1. The summed E-state index contributed by atoms with van der Waals surface area (Å²) in [7, 11) is 0. The van der Waals surface area contributed by atoms with Gasteiger partial charge in [0.15, 0.2) is 6.10 Å². The standard InChI is InChI=1S/C26H31ClN2O4/c1-4-17(2)22-7-5-6-8-23(22)28-24(30)18(3)33-26(32)20-13-15-29(16-14-20)25(31)19-9-11-21(27)12-10-19/h5-12,17-18,20H,4,13-16H2,1-3H3,(H,28,30). The number of esters is 1. The number of nitrogens with one attached hydrogen (secondary N) is 1. The van der Waals surface area contributed by atoms with E-state index >= 15 is 0 Å². The third-order valence-corrected chi connectivity index (χ3v) is 6.48. The normalized spacial score (nSPS) is 16.1. The minimum absolute atomic E-state index is 0.0776. The summed E-state index contributed by atoms with van der Waals surface area (Å²) >= 11 is 5.89. The molecule has 2 aromatic carbocycles. The van der Waals surface area contributed by atoms with Crippen molar-refractivity contribution in [3.63, 3.8) is 0 Å². The van der Waals surface area contributed by atoms with E-state index in [0.717, 1.165) is 17.7 Å². The van der Waals surface area contributed by atoms with Gasteiger partial charge in [0.2, 0.25) is 0 Å². The Hall–Kier alpha value is -2.86. The van der Waals surface area contributed by atoms with Crippen molar-refractivity contribution < 1.29 is 19.1 Å². The number of ether oxygens (including phenoxy) is 1. The maximum Gasteiger partial charge on any atom is 0.309 e. The lowest BCUT2D eigenvalue weighted by molar-refractivity contribution is -0.158. The van der Waals surface area contributed by atoms with Gasteiger partial charge in [-0.3, -0.25) is 14.4 Å². The Labute approximate surface area is 200 Å². The highest BCUT2D eigenvalue weighted by atomic mass is 35.5. The Bertz CT molecular complexity index is 984. The van der Waals surface area contributed by atoms with Gasteiger partial charge in [0.05, 0.1) is 5.92 Å². The lowest BCUT2D eigenvalue weighted by atomic mass is 9.96. The van der Waals surface area contributed by atoms with Crippen LogP contribution in [0.5, 0.6) is 0 Å². The third-order valence-electron chi connectivity index (χ3n) is 6.23. The van der Waals surface area contributed by atoms with E-state index in [-0.39, 0.29) is 17.7 Å². The van der Waals surface area contributed by atoms with Crippen molar-refractivity contribution in [3.05, 3.63) is 64.7 Å². The van der Waals surface area contributed by atoms with Crippen molar-refractivity contribution in [3.8, 4) is 0 Å². The number of hydrogen-bond acceptors (Lipinski definition) is 4. The zero-order valence-electron chi connectivity index (χ0n) is 19.3. The van der Waals surface area contributed by atoms with Gasteiger partial charge in [0.25, 0.3) is 11.8 Å². The predicted octanol–water partition coefficient (Wildman–Crippen LogP) is 5.28. The number of likely N-dealkylation sites (tertiary alicyclic amines) is 1. The average molecular weight is 471 g/mol. The molecule has 6 nitrogen and oxygen atoms in total. The number of carbonyl (C=O) groups excluding carboxylic acids is 3. The van der Waals surface area contributed by atoms with Crippen LogP contribution in [0.4, 0.5) is 5.69 Å². The van der Waals surface area contributed by atoms with E-state index in [4.69, 9.17) is 16.3 Å². The molecule has 7 heteroatoms. The van der Waals surface area contributed by atoms with Crippen LogP contribution in [0, 0.1) is 5.92 Å². The number of carbonyl (C=O) groups is 3. The van der Waals surface area contributed by atoms with Crippen LogP contribution in [0.15, 0.2) is 48.5 Å². The second-order valence-corrected chi connectivity index (χ2v) is 8.97. The summed E-state index contributed by atoms with van der Waals surface area (Å²) in [5, 5.41) is 3.48. The fourth-order valence-electron chi connectivity index (χ4n) is 3.91. The van der Waals surface area contributed by atoms with Gasteiger partial charge in [-0.15, -0.1) is 0 Å². The number of benzene rings is 2. The van der Waals surface area contributed by atoms with Crippen molar-refractivity contribution >= 4 is 35.1 Å². The third kappa shape index (κ3) is 6.35. The summed E-state index contributed by atoms with van der Waals surface area (Å²) in [5.74, 6) is -0.853. The van der Waals surface area contributed by atoms with E-state index in [2.05, 4.69) is 19.2 Å². The second-order valence-electron chi connectivity index (χ2n) is 8.54. The highest BCUT2D eigenvalue weighted by Crippen LogP contribution is 2.27. The zero-order valence-corrected chi connectivity index (χ0v) is 20.1. The molecule has 2 amide bonds. The Morgan fingerprint density at radius 2 is 1.70 bits per heavy atom. The first kappa shape index (κ1) is 24.8. The van der Waals surface area contributed by atoms with Crippen LogP contribution in [0.1, 0.15) is 61.9 Å². The summed E-state index contributed by atoms with van der Waals surface area (Å²) in [4.78, 5) is 39.7. The number of rotatable bonds is 7. The number of anilines is 1. The molecule has 1 heterocycles. The largest absolute Gasteiger partial charge is 0.452 e. The van der Waals surface area contributed by atoms with Gasteiger partial charge in [-0.05, 0) is 68.0 Å². The lowest BCUT2D eigenvalue weighted by Gasteiger charge is -2.31. The molecule has 1 fully saturated rings. The van der Waals surface area contributed by atoms with E-state index in [1.54, 1.807) is 36.1 Å². The molecule has 0 radical (unpaired) electrons. The van der Waals surface area contributed by atoms with Gasteiger partial charge in [0.1, 0.15) is 0 Å². The van der Waals surface area contributed by atoms with E-state index in [9.17, 15) is 14.4 Å². The number of piperidine rings is 1. The molecular formula is C26H31ClN2O4. The summed E-state index contributed by atoms with van der Waals surface area (Å²) in [6, 6.07) is 14.5. The SMILES string of the molecule is CCC(C)c1ccccc1NC(=O)C(C)OC(=O)C1CCN(C(=O)c2ccc(Cl)cc2)CC1. The molecule has 3 rings (SSSR count). The number of para-hydroxylation sites is 1.